The van der Waals surface area contributed by atoms with Crippen LogP contribution in [0.5, 0.6) is 0 Å². The Morgan fingerprint density at radius 1 is 1.45 bits per heavy atom. The first-order valence-corrected chi connectivity index (χ1v) is 7.12. The second-order valence-corrected chi connectivity index (χ2v) is 5.87. The van der Waals surface area contributed by atoms with Crippen LogP contribution in [0.3, 0.4) is 0 Å². The van der Waals surface area contributed by atoms with Crippen molar-refractivity contribution < 1.29 is 13.9 Å². The van der Waals surface area contributed by atoms with Gasteiger partial charge in [0.25, 0.3) is 5.91 Å². The molecule has 5 nitrogen and oxygen atoms in total. The minimum absolute atomic E-state index is 0.0438. The van der Waals surface area contributed by atoms with E-state index < -0.39 is 6.17 Å². The second kappa shape index (κ2) is 4.84. The lowest BCUT2D eigenvalue weighted by atomic mass is 9.90. The topological polar surface area (TPSA) is 56.2 Å². The number of aromatic nitrogens is 2. The van der Waals surface area contributed by atoms with Crippen LogP contribution in [0, 0.1) is 0 Å². The molecule has 1 N–H and O–H groups in total. The molecule has 2 heterocycles. The molecule has 1 aromatic rings. The van der Waals surface area contributed by atoms with Crippen LogP contribution in [-0.4, -0.2) is 34.0 Å². The Kier molecular flexibility index (Phi) is 3.28. The second-order valence-electron chi connectivity index (χ2n) is 5.87. The van der Waals surface area contributed by atoms with Gasteiger partial charge in [0.2, 0.25) is 0 Å². The highest BCUT2D eigenvalue weighted by Crippen LogP contribution is 2.31. The van der Waals surface area contributed by atoms with Crippen molar-refractivity contribution in [2.45, 2.75) is 57.5 Å². The largest absolute Gasteiger partial charge is 0.369 e. The third kappa shape index (κ3) is 2.22. The molecule has 0 aromatic carbocycles. The average molecular weight is 281 g/mol. The summed E-state index contributed by atoms with van der Waals surface area (Å²) in [5.41, 5.74) is 2.39. The minimum atomic E-state index is -0.769. The van der Waals surface area contributed by atoms with Crippen molar-refractivity contribution in [1.82, 2.24) is 15.1 Å². The van der Waals surface area contributed by atoms with Crippen molar-refractivity contribution >= 4 is 5.91 Å². The molecule has 0 unspecified atom stereocenters. The van der Waals surface area contributed by atoms with Crippen LogP contribution in [0.1, 0.15) is 54.5 Å². The van der Waals surface area contributed by atoms with Gasteiger partial charge in [0.1, 0.15) is 11.9 Å². The molecule has 0 radical (unpaired) electrons. The van der Waals surface area contributed by atoms with E-state index in [1.165, 1.54) is 0 Å². The number of rotatable bonds is 2. The van der Waals surface area contributed by atoms with Gasteiger partial charge in [-0.3, -0.25) is 9.48 Å². The molecule has 0 bridgehead atoms. The van der Waals surface area contributed by atoms with Crippen LogP contribution >= 0.6 is 0 Å². The Morgan fingerprint density at radius 2 is 2.15 bits per heavy atom. The molecular weight excluding hydrogens is 261 g/mol. The lowest BCUT2D eigenvalue weighted by Gasteiger charge is -2.30. The molecule has 20 heavy (non-hydrogen) atoms. The zero-order chi connectivity index (χ0) is 14.4. The number of halogens is 1. The minimum Gasteiger partial charge on any atom is -0.369 e. The zero-order valence-corrected chi connectivity index (χ0v) is 12.0. The average Bonchev–Trinajstić information content (AvgIpc) is 2.64. The molecular formula is C14H20FN3O2. The Balaban J connectivity index is 1.84. The molecule has 3 rings (SSSR count). The summed E-state index contributed by atoms with van der Waals surface area (Å²) in [4.78, 5) is 12.4. The molecule has 1 aliphatic heterocycles. The van der Waals surface area contributed by atoms with Crippen molar-refractivity contribution in [2.75, 3.05) is 0 Å². The van der Waals surface area contributed by atoms with Crippen LogP contribution in [0.15, 0.2) is 0 Å². The van der Waals surface area contributed by atoms with Crippen molar-refractivity contribution in [3.63, 3.8) is 0 Å². The van der Waals surface area contributed by atoms with E-state index in [1.54, 1.807) is 11.7 Å². The summed E-state index contributed by atoms with van der Waals surface area (Å²) in [6.07, 6.45) is 0.734. The molecule has 1 aliphatic carbocycles. The van der Waals surface area contributed by atoms with Gasteiger partial charge in [0, 0.05) is 25.1 Å². The summed E-state index contributed by atoms with van der Waals surface area (Å²) in [7, 11) is 1.77. The maximum atomic E-state index is 12.8. The van der Waals surface area contributed by atoms with Crippen molar-refractivity contribution in [2.24, 2.45) is 7.05 Å². The van der Waals surface area contributed by atoms with Crippen LogP contribution in [-0.2, 0) is 18.2 Å². The number of aryl methyl sites for hydroxylation is 1. The Bertz CT molecular complexity index is 537. The lowest BCUT2D eigenvalue weighted by molar-refractivity contribution is -0.00710. The molecule has 6 heteroatoms. The number of fused-ring (bicyclic) bond motifs is 1. The molecule has 1 saturated carbocycles. The molecule has 1 aromatic heterocycles. The smallest absolute Gasteiger partial charge is 0.270 e. The number of ether oxygens (including phenoxy) is 1. The quantitative estimate of drug-likeness (QED) is 0.897. The highest BCUT2D eigenvalue weighted by molar-refractivity contribution is 5.94. The summed E-state index contributed by atoms with van der Waals surface area (Å²) in [6.45, 7) is 3.94. The molecule has 2 aliphatic rings. The van der Waals surface area contributed by atoms with Gasteiger partial charge in [-0.2, -0.15) is 5.10 Å². The third-order valence-corrected chi connectivity index (χ3v) is 4.12. The van der Waals surface area contributed by atoms with Gasteiger partial charge in [-0.15, -0.1) is 0 Å². The van der Waals surface area contributed by atoms with Gasteiger partial charge in [0.15, 0.2) is 0 Å². The highest BCUT2D eigenvalue weighted by atomic mass is 19.1. The van der Waals surface area contributed by atoms with Gasteiger partial charge in [-0.25, -0.2) is 4.39 Å². The first kappa shape index (κ1) is 13.5. The first-order valence-electron chi connectivity index (χ1n) is 7.12. The predicted molar refractivity (Wildman–Crippen MR) is 71.3 cm³/mol. The van der Waals surface area contributed by atoms with Crippen LogP contribution in [0.4, 0.5) is 4.39 Å². The van der Waals surface area contributed by atoms with E-state index in [0.717, 1.165) is 11.3 Å². The van der Waals surface area contributed by atoms with Crippen molar-refractivity contribution in [1.29, 1.82) is 0 Å². The molecule has 1 amide bonds. The maximum absolute atomic E-state index is 12.8. The van der Waals surface area contributed by atoms with Crippen LogP contribution in [0.25, 0.3) is 0 Å². The SMILES string of the molecule is C[C@@H]1Cc2c(nn(C)c2C(=O)NC2CC(F)C2)[C@H](C)O1. The van der Waals surface area contributed by atoms with E-state index in [0.29, 0.717) is 25.0 Å². The summed E-state index contributed by atoms with van der Waals surface area (Å²) >= 11 is 0. The molecule has 110 valence electrons. The number of nitrogens with zero attached hydrogens (tertiary/aromatic N) is 2. The zero-order valence-electron chi connectivity index (χ0n) is 12.0. The number of carbonyl (C=O) groups excluding carboxylic acids is 1. The molecule has 0 spiro atoms. The van der Waals surface area contributed by atoms with Gasteiger partial charge in [0.05, 0.1) is 17.9 Å². The number of hydrogen-bond donors (Lipinski definition) is 1. The predicted octanol–water partition coefficient (Wildman–Crippen LogP) is 1.67. The standard InChI is InChI=1S/C14H20FN3O2/c1-7-4-11-12(8(2)20-7)17-18(3)13(11)14(19)16-10-5-9(15)6-10/h7-10H,4-6H2,1-3H3,(H,16,19)/t7-,8+,9?,10?/m1/s1. The fourth-order valence-corrected chi connectivity index (χ4v) is 3.07. The van der Waals surface area contributed by atoms with Gasteiger partial charge < -0.3 is 10.1 Å². The van der Waals surface area contributed by atoms with E-state index in [9.17, 15) is 9.18 Å². The fourth-order valence-electron chi connectivity index (χ4n) is 3.07. The van der Waals surface area contributed by atoms with Crippen LogP contribution < -0.4 is 5.32 Å². The lowest BCUT2D eigenvalue weighted by Crippen LogP contribution is -2.46. The van der Waals surface area contributed by atoms with E-state index in [2.05, 4.69) is 10.4 Å². The molecule has 1 fully saturated rings. The number of hydrogen-bond acceptors (Lipinski definition) is 3. The first-order chi connectivity index (χ1) is 9.45. The summed E-state index contributed by atoms with van der Waals surface area (Å²) < 4.78 is 20.2. The summed E-state index contributed by atoms with van der Waals surface area (Å²) in [5.74, 6) is -0.153. The summed E-state index contributed by atoms with van der Waals surface area (Å²) in [5, 5.41) is 7.30. The number of alkyl halides is 1. The van der Waals surface area contributed by atoms with E-state index in [4.69, 9.17) is 4.74 Å². The molecule has 2 atom stereocenters. The van der Waals surface area contributed by atoms with Gasteiger partial charge in [-0.05, 0) is 26.7 Å². The Labute approximate surface area is 117 Å². The highest BCUT2D eigenvalue weighted by Gasteiger charge is 2.34. The van der Waals surface area contributed by atoms with E-state index >= 15 is 0 Å². The number of carbonyl (C=O) groups is 1. The summed E-state index contributed by atoms with van der Waals surface area (Å²) in [6, 6.07) is -0.0438. The fraction of sp³-hybridized carbons (Fsp3) is 0.714. The van der Waals surface area contributed by atoms with Crippen molar-refractivity contribution in [3.05, 3.63) is 17.0 Å². The Morgan fingerprint density at radius 3 is 2.80 bits per heavy atom. The Hall–Kier alpha value is -1.43. The van der Waals surface area contributed by atoms with Crippen LogP contribution in [0.2, 0.25) is 0 Å². The number of nitrogens with one attached hydrogen (secondary N) is 1. The number of amides is 1. The van der Waals surface area contributed by atoms with E-state index in [-0.39, 0.29) is 24.2 Å². The third-order valence-electron chi connectivity index (χ3n) is 4.12. The normalized spacial score (nSPS) is 32.4. The molecule has 0 saturated heterocycles. The monoisotopic (exact) mass is 281 g/mol. The van der Waals surface area contributed by atoms with Gasteiger partial charge >= 0.3 is 0 Å². The van der Waals surface area contributed by atoms with Gasteiger partial charge in [-0.1, -0.05) is 0 Å². The van der Waals surface area contributed by atoms with Crippen molar-refractivity contribution in [3.8, 4) is 0 Å². The maximum Gasteiger partial charge on any atom is 0.270 e. The van der Waals surface area contributed by atoms with E-state index in [1.807, 2.05) is 13.8 Å².